The first kappa shape index (κ1) is 12.5. The van der Waals surface area contributed by atoms with Crippen molar-refractivity contribution >= 4 is 28.4 Å². The Kier molecular flexibility index (Phi) is 3.47. The fourth-order valence-corrected chi connectivity index (χ4v) is 3.16. The number of fused-ring (bicyclic) bond motifs is 1. The van der Waals surface area contributed by atoms with Gasteiger partial charge in [-0.05, 0) is 30.5 Å². The first-order valence-corrected chi connectivity index (χ1v) is 7.15. The second-order valence-corrected chi connectivity index (χ2v) is 5.61. The van der Waals surface area contributed by atoms with E-state index in [1.54, 1.807) is 0 Å². The number of aromatic nitrogens is 1. The number of carbonyl (C=O) groups excluding carboxylic acids is 1. The molecular formula is C15H17ClN2O. The first-order valence-electron chi connectivity index (χ1n) is 6.78. The number of hydrogen-bond acceptors (Lipinski definition) is 1. The lowest BCUT2D eigenvalue weighted by Gasteiger charge is -2.11. The first-order chi connectivity index (χ1) is 9.24. The topological polar surface area (TPSA) is 44.9 Å². The highest BCUT2D eigenvalue weighted by Crippen LogP contribution is 2.27. The van der Waals surface area contributed by atoms with Crippen molar-refractivity contribution in [3.8, 4) is 0 Å². The largest absolute Gasteiger partial charge is 0.361 e. The lowest BCUT2D eigenvalue weighted by atomic mass is 10.1. The number of carbonyl (C=O) groups is 1. The molecule has 1 aromatic heterocycles. The zero-order valence-corrected chi connectivity index (χ0v) is 11.5. The molecule has 1 aliphatic rings. The number of halogens is 1. The van der Waals surface area contributed by atoms with E-state index >= 15 is 0 Å². The molecule has 4 heteroatoms. The molecular weight excluding hydrogens is 260 g/mol. The molecule has 1 saturated carbocycles. The monoisotopic (exact) mass is 276 g/mol. The summed E-state index contributed by atoms with van der Waals surface area (Å²) in [5, 5.41) is 4.77. The molecule has 1 amide bonds. The average molecular weight is 277 g/mol. The van der Waals surface area contributed by atoms with Gasteiger partial charge in [-0.3, -0.25) is 4.79 Å². The smallest absolute Gasteiger partial charge is 0.224 e. The van der Waals surface area contributed by atoms with Crippen LogP contribution >= 0.6 is 11.6 Å². The summed E-state index contributed by atoms with van der Waals surface area (Å²) in [6, 6.07) is 6.10. The van der Waals surface area contributed by atoms with E-state index in [0.29, 0.717) is 17.5 Å². The minimum absolute atomic E-state index is 0.0905. The summed E-state index contributed by atoms with van der Waals surface area (Å²) < 4.78 is 0. The molecule has 0 bridgehead atoms. The molecule has 1 fully saturated rings. The maximum atomic E-state index is 12.1. The second-order valence-electron chi connectivity index (χ2n) is 5.20. The third kappa shape index (κ3) is 2.61. The normalized spacial score (nSPS) is 16.1. The molecule has 0 spiro atoms. The molecule has 0 atom stereocenters. The number of benzene rings is 1. The van der Waals surface area contributed by atoms with E-state index in [1.165, 1.54) is 12.8 Å². The van der Waals surface area contributed by atoms with Crippen LogP contribution < -0.4 is 5.32 Å². The Hall–Kier alpha value is -1.48. The Labute approximate surface area is 117 Å². The van der Waals surface area contributed by atoms with Gasteiger partial charge in [0.05, 0.1) is 11.4 Å². The fourth-order valence-electron chi connectivity index (χ4n) is 2.87. The Morgan fingerprint density at radius 1 is 1.37 bits per heavy atom. The third-order valence-electron chi connectivity index (χ3n) is 3.81. The SMILES string of the molecule is O=C(Cc1c[nH]c2cccc(Cl)c12)NC1CCCC1. The summed E-state index contributed by atoms with van der Waals surface area (Å²) in [6.45, 7) is 0. The molecule has 0 aliphatic heterocycles. The Balaban J connectivity index is 1.75. The summed E-state index contributed by atoms with van der Waals surface area (Å²) in [4.78, 5) is 15.2. The Morgan fingerprint density at radius 2 is 2.16 bits per heavy atom. The quantitative estimate of drug-likeness (QED) is 0.886. The van der Waals surface area contributed by atoms with Gasteiger partial charge in [0.25, 0.3) is 0 Å². The summed E-state index contributed by atoms with van der Waals surface area (Å²) in [5.41, 5.74) is 1.95. The number of rotatable bonds is 3. The van der Waals surface area contributed by atoms with E-state index < -0.39 is 0 Å². The number of nitrogens with one attached hydrogen (secondary N) is 2. The van der Waals surface area contributed by atoms with Gasteiger partial charge in [0.2, 0.25) is 5.91 Å². The van der Waals surface area contributed by atoms with Crippen LogP contribution in [0.1, 0.15) is 31.2 Å². The van der Waals surface area contributed by atoms with E-state index in [2.05, 4.69) is 10.3 Å². The van der Waals surface area contributed by atoms with Crippen molar-refractivity contribution in [3.05, 3.63) is 35.0 Å². The van der Waals surface area contributed by atoms with Crippen LogP contribution in [0.5, 0.6) is 0 Å². The third-order valence-corrected chi connectivity index (χ3v) is 4.12. The number of H-pyrrole nitrogens is 1. The molecule has 100 valence electrons. The maximum Gasteiger partial charge on any atom is 0.224 e. The van der Waals surface area contributed by atoms with Crippen LogP contribution in [0, 0.1) is 0 Å². The van der Waals surface area contributed by atoms with Gasteiger partial charge < -0.3 is 10.3 Å². The molecule has 19 heavy (non-hydrogen) atoms. The van der Waals surface area contributed by atoms with E-state index in [0.717, 1.165) is 29.3 Å². The van der Waals surface area contributed by atoms with Crippen molar-refractivity contribution in [2.24, 2.45) is 0 Å². The number of amides is 1. The van der Waals surface area contributed by atoms with Crippen LogP contribution in [0.25, 0.3) is 10.9 Å². The second kappa shape index (κ2) is 5.25. The molecule has 0 unspecified atom stereocenters. The van der Waals surface area contributed by atoms with Gasteiger partial charge in [0, 0.05) is 23.1 Å². The van der Waals surface area contributed by atoms with Crippen LogP contribution in [0.2, 0.25) is 5.02 Å². The predicted molar refractivity (Wildman–Crippen MR) is 77.4 cm³/mol. The van der Waals surface area contributed by atoms with Gasteiger partial charge in [-0.25, -0.2) is 0 Å². The molecule has 1 aromatic carbocycles. The molecule has 2 N–H and O–H groups in total. The number of aromatic amines is 1. The molecule has 1 aliphatic carbocycles. The van der Waals surface area contributed by atoms with Gasteiger partial charge in [-0.2, -0.15) is 0 Å². The molecule has 2 aromatic rings. The lowest BCUT2D eigenvalue weighted by Crippen LogP contribution is -2.33. The van der Waals surface area contributed by atoms with E-state index in [1.807, 2.05) is 24.4 Å². The molecule has 1 heterocycles. The zero-order valence-electron chi connectivity index (χ0n) is 10.7. The molecule has 0 saturated heterocycles. The van der Waals surface area contributed by atoms with Gasteiger partial charge in [0.1, 0.15) is 0 Å². The van der Waals surface area contributed by atoms with Crippen LogP contribution in [0.3, 0.4) is 0 Å². The van der Waals surface area contributed by atoms with Crippen molar-refractivity contribution in [3.63, 3.8) is 0 Å². The fraction of sp³-hybridized carbons (Fsp3) is 0.400. The standard InChI is InChI=1S/C15H17ClN2O/c16-12-6-3-7-13-15(12)10(9-17-13)8-14(19)18-11-4-1-2-5-11/h3,6-7,9,11,17H,1-2,4-5,8H2,(H,18,19). The van der Waals surface area contributed by atoms with Crippen molar-refractivity contribution in [2.75, 3.05) is 0 Å². The van der Waals surface area contributed by atoms with E-state index in [4.69, 9.17) is 11.6 Å². The zero-order chi connectivity index (χ0) is 13.2. The van der Waals surface area contributed by atoms with Crippen LogP contribution in [-0.2, 0) is 11.2 Å². The van der Waals surface area contributed by atoms with E-state index in [-0.39, 0.29) is 5.91 Å². The Bertz CT molecular complexity index is 599. The molecule has 3 rings (SSSR count). The van der Waals surface area contributed by atoms with Gasteiger partial charge in [0.15, 0.2) is 0 Å². The molecule has 0 radical (unpaired) electrons. The predicted octanol–water partition coefficient (Wildman–Crippen LogP) is 3.42. The van der Waals surface area contributed by atoms with Gasteiger partial charge >= 0.3 is 0 Å². The minimum atomic E-state index is 0.0905. The highest BCUT2D eigenvalue weighted by Gasteiger charge is 2.18. The Morgan fingerprint density at radius 3 is 2.95 bits per heavy atom. The van der Waals surface area contributed by atoms with Crippen molar-refractivity contribution in [1.29, 1.82) is 0 Å². The maximum absolute atomic E-state index is 12.1. The van der Waals surface area contributed by atoms with Crippen LogP contribution in [0.15, 0.2) is 24.4 Å². The summed E-state index contributed by atoms with van der Waals surface area (Å²) in [6.07, 6.45) is 6.94. The summed E-state index contributed by atoms with van der Waals surface area (Å²) in [5.74, 6) is 0.0905. The van der Waals surface area contributed by atoms with Crippen LogP contribution in [-0.4, -0.2) is 16.9 Å². The van der Waals surface area contributed by atoms with Crippen molar-refractivity contribution < 1.29 is 4.79 Å². The average Bonchev–Trinajstić information content (AvgIpc) is 3.00. The highest BCUT2D eigenvalue weighted by molar-refractivity contribution is 6.35. The van der Waals surface area contributed by atoms with Crippen molar-refractivity contribution in [2.45, 2.75) is 38.1 Å². The summed E-state index contributed by atoms with van der Waals surface area (Å²) >= 11 is 6.21. The molecule has 3 nitrogen and oxygen atoms in total. The number of hydrogen-bond donors (Lipinski definition) is 2. The van der Waals surface area contributed by atoms with E-state index in [9.17, 15) is 4.79 Å². The van der Waals surface area contributed by atoms with Crippen molar-refractivity contribution in [1.82, 2.24) is 10.3 Å². The summed E-state index contributed by atoms with van der Waals surface area (Å²) in [7, 11) is 0. The minimum Gasteiger partial charge on any atom is -0.361 e. The van der Waals surface area contributed by atoms with Gasteiger partial charge in [-0.15, -0.1) is 0 Å². The van der Waals surface area contributed by atoms with Gasteiger partial charge in [-0.1, -0.05) is 30.5 Å². The highest BCUT2D eigenvalue weighted by atomic mass is 35.5. The lowest BCUT2D eigenvalue weighted by molar-refractivity contribution is -0.121. The van der Waals surface area contributed by atoms with Crippen LogP contribution in [0.4, 0.5) is 0 Å².